The number of nitrogens with zero attached hydrogens (tertiary/aromatic N) is 2. The first-order valence-corrected chi connectivity index (χ1v) is 10.8. The van der Waals surface area contributed by atoms with Gasteiger partial charge in [-0.2, -0.15) is 5.10 Å². The highest BCUT2D eigenvalue weighted by atomic mass is 35.5. The minimum atomic E-state index is -0.384. The molecule has 1 aliphatic carbocycles. The monoisotopic (exact) mass is 444 g/mol. The Balaban J connectivity index is 1.65. The Kier molecular flexibility index (Phi) is 5.41. The molecule has 1 aliphatic rings. The van der Waals surface area contributed by atoms with Crippen LogP contribution in [-0.4, -0.2) is 16.9 Å². The topological polar surface area (TPSA) is 53.4 Å². The molecule has 0 bridgehead atoms. The Morgan fingerprint density at radius 1 is 0.875 bits per heavy atom. The molecule has 0 radical (unpaired) electrons. The number of halogens is 1. The number of ether oxygens (including phenoxy) is 2. The third-order valence-electron chi connectivity index (χ3n) is 5.80. The van der Waals surface area contributed by atoms with Gasteiger partial charge in [0, 0.05) is 0 Å². The lowest BCUT2D eigenvalue weighted by atomic mass is 9.95. The molecule has 5 rings (SSSR count). The van der Waals surface area contributed by atoms with Crippen LogP contribution in [0.2, 0.25) is 5.02 Å². The van der Waals surface area contributed by atoms with Gasteiger partial charge in [-0.25, -0.2) is 4.68 Å². The fourth-order valence-electron chi connectivity index (χ4n) is 4.23. The maximum absolute atomic E-state index is 13.6. The van der Waals surface area contributed by atoms with Crippen molar-refractivity contribution in [3.63, 3.8) is 0 Å². The average Bonchev–Trinajstić information content (AvgIpc) is 2.99. The molecule has 6 heteroatoms. The second-order valence-electron chi connectivity index (χ2n) is 7.65. The summed E-state index contributed by atoms with van der Waals surface area (Å²) >= 11 is 6.36. The molecule has 3 aromatic carbocycles. The minimum absolute atomic E-state index is 0.0473. The number of aryl methyl sites for hydroxylation is 2. The van der Waals surface area contributed by atoms with Crippen molar-refractivity contribution in [2.75, 3.05) is 7.11 Å². The summed E-state index contributed by atoms with van der Waals surface area (Å²) in [6, 6.07) is 23.0. The number of aromatic nitrogens is 2. The van der Waals surface area contributed by atoms with Crippen molar-refractivity contribution in [1.29, 1.82) is 0 Å². The van der Waals surface area contributed by atoms with Gasteiger partial charge < -0.3 is 9.47 Å². The van der Waals surface area contributed by atoms with E-state index in [0.717, 1.165) is 24.0 Å². The van der Waals surface area contributed by atoms with Crippen LogP contribution in [0.4, 0.5) is 0 Å². The highest BCUT2D eigenvalue weighted by Crippen LogP contribution is 2.35. The van der Waals surface area contributed by atoms with Gasteiger partial charge in [0.15, 0.2) is 0 Å². The molecule has 0 fully saturated rings. The number of benzene rings is 3. The Morgan fingerprint density at radius 3 is 2.03 bits per heavy atom. The van der Waals surface area contributed by atoms with E-state index >= 15 is 0 Å². The molecule has 0 aliphatic heterocycles. The van der Waals surface area contributed by atoms with E-state index in [4.69, 9.17) is 21.1 Å². The summed E-state index contributed by atoms with van der Waals surface area (Å²) < 4.78 is 12.6. The SMILES string of the molecule is COc1ccc(Oc2c(Cl)cnn(C3c4ccccc4CCc4ccccc43)c2=O)cc1. The van der Waals surface area contributed by atoms with E-state index in [1.54, 1.807) is 31.4 Å². The zero-order valence-corrected chi connectivity index (χ0v) is 18.3. The smallest absolute Gasteiger partial charge is 0.312 e. The Bertz CT molecular complexity index is 1280. The zero-order chi connectivity index (χ0) is 22.1. The van der Waals surface area contributed by atoms with Gasteiger partial charge in [-0.1, -0.05) is 60.1 Å². The van der Waals surface area contributed by atoms with Crippen molar-refractivity contribution in [1.82, 2.24) is 9.78 Å². The van der Waals surface area contributed by atoms with Crippen LogP contribution < -0.4 is 15.0 Å². The number of hydrogen-bond acceptors (Lipinski definition) is 4. The van der Waals surface area contributed by atoms with Gasteiger partial charge in [-0.3, -0.25) is 4.79 Å². The maximum Gasteiger partial charge on any atom is 0.312 e. The third-order valence-corrected chi connectivity index (χ3v) is 6.07. The molecule has 0 atom stereocenters. The van der Waals surface area contributed by atoms with Crippen LogP contribution in [0.25, 0.3) is 0 Å². The molecule has 0 spiro atoms. The number of rotatable bonds is 4. The fourth-order valence-corrected chi connectivity index (χ4v) is 4.39. The quantitative estimate of drug-likeness (QED) is 0.421. The average molecular weight is 445 g/mol. The predicted molar refractivity (Wildman–Crippen MR) is 124 cm³/mol. The molecule has 1 heterocycles. The normalized spacial score (nSPS) is 13.1. The van der Waals surface area contributed by atoms with Crippen molar-refractivity contribution >= 4 is 11.6 Å². The van der Waals surface area contributed by atoms with E-state index in [2.05, 4.69) is 29.4 Å². The molecular weight excluding hydrogens is 424 g/mol. The Labute approximate surface area is 190 Å². The molecule has 32 heavy (non-hydrogen) atoms. The van der Waals surface area contributed by atoms with E-state index < -0.39 is 0 Å². The van der Waals surface area contributed by atoms with Crippen LogP contribution >= 0.6 is 11.6 Å². The van der Waals surface area contributed by atoms with Crippen molar-refractivity contribution in [3.05, 3.63) is 117 Å². The zero-order valence-electron chi connectivity index (χ0n) is 17.5. The summed E-state index contributed by atoms with van der Waals surface area (Å²) in [4.78, 5) is 13.6. The van der Waals surface area contributed by atoms with Crippen LogP contribution in [0.1, 0.15) is 28.3 Å². The van der Waals surface area contributed by atoms with Crippen LogP contribution in [0, 0.1) is 0 Å². The molecular formula is C26H21ClN2O3. The number of fused-ring (bicyclic) bond motifs is 2. The molecule has 0 N–H and O–H groups in total. The van der Waals surface area contributed by atoms with E-state index in [1.807, 2.05) is 24.3 Å². The van der Waals surface area contributed by atoms with E-state index in [-0.39, 0.29) is 22.4 Å². The number of methoxy groups -OCH3 is 1. The first-order chi connectivity index (χ1) is 15.7. The van der Waals surface area contributed by atoms with Crippen LogP contribution in [-0.2, 0) is 12.8 Å². The molecule has 1 aromatic heterocycles. The molecule has 160 valence electrons. The first-order valence-electron chi connectivity index (χ1n) is 10.4. The maximum atomic E-state index is 13.6. The molecule has 5 nitrogen and oxygen atoms in total. The lowest BCUT2D eigenvalue weighted by Gasteiger charge is -2.22. The predicted octanol–water partition coefficient (Wildman–Crippen LogP) is 5.43. The van der Waals surface area contributed by atoms with Gasteiger partial charge in [-0.15, -0.1) is 0 Å². The van der Waals surface area contributed by atoms with Crippen molar-refractivity contribution in [2.24, 2.45) is 0 Å². The van der Waals surface area contributed by atoms with Gasteiger partial charge >= 0.3 is 5.56 Å². The second-order valence-corrected chi connectivity index (χ2v) is 8.06. The van der Waals surface area contributed by atoms with Gasteiger partial charge in [0.1, 0.15) is 22.6 Å². The van der Waals surface area contributed by atoms with Crippen LogP contribution in [0.3, 0.4) is 0 Å². The number of hydrogen-bond donors (Lipinski definition) is 0. The highest BCUT2D eigenvalue weighted by molar-refractivity contribution is 6.31. The second kappa shape index (κ2) is 8.52. The largest absolute Gasteiger partial charge is 0.497 e. The molecule has 0 saturated carbocycles. The summed E-state index contributed by atoms with van der Waals surface area (Å²) in [6.07, 6.45) is 3.28. The van der Waals surface area contributed by atoms with Crippen LogP contribution in [0.15, 0.2) is 83.8 Å². The highest BCUT2D eigenvalue weighted by Gasteiger charge is 2.28. The lowest BCUT2D eigenvalue weighted by molar-refractivity contribution is 0.412. The van der Waals surface area contributed by atoms with Crippen LogP contribution in [0.5, 0.6) is 17.2 Å². The lowest BCUT2D eigenvalue weighted by Crippen LogP contribution is -2.30. The van der Waals surface area contributed by atoms with E-state index in [0.29, 0.717) is 11.5 Å². The van der Waals surface area contributed by atoms with Gasteiger partial charge in [-0.05, 0) is 59.4 Å². The molecule has 4 aromatic rings. The summed E-state index contributed by atoms with van der Waals surface area (Å²) in [7, 11) is 1.59. The minimum Gasteiger partial charge on any atom is -0.497 e. The van der Waals surface area contributed by atoms with Gasteiger partial charge in [0.2, 0.25) is 5.75 Å². The summed E-state index contributed by atoms with van der Waals surface area (Å²) in [5.41, 5.74) is 4.14. The first kappa shape index (κ1) is 20.3. The van der Waals surface area contributed by atoms with Crippen molar-refractivity contribution in [2.45, 2.75) is 18.9 Å². The fraction of sp³-hybridized carbons (Fsp3) is 0.154. The van der Waals surface area contributed by atoms with Crippen molar-refractivity contribution in [3.8, 4) is 17.2 Å². The standard InChI is InChI=1S/C26H21ClN2O3/c1-31-19-12-14-20(15-13-19)32-25-23(27)16-28-29(26(25)30)24-21-8-4-2-6-17(21)10-11-18-7-3-5-9-22(18)24/h2-9,12-16,24H,10-11H2,1H3. The van der Waals surface area contributed by atoms with E-state index in [9.17, 15) is 4.79 Å². The summed E-state index contributed by atoms with van der Waals surface area (Å²) in [5, 5.41) is 4.61. The molecule has 0 unspecified atom stereocenters. The summed E-state index contributed by atoms with van der Waals surface area (Å²) in [5.74, 6) is 1.23. The third kappa shape index (κ3) is 3.65. The van der Waals surface area contributed by atoms with Crippen molar-refractivity contribution < 1.29 is 9.47 Å². The molecule has 0 amide bonds. The van der Waals surface area contributed by atoms with Gasteiger partial charge in [0.05, 0.1) is 13.3 Å². The molecule has 0 saturated heterocycles. The van der Waals surface area contributed by atoms with E-state index in [1.165, 1.54) is 22.0 Å². The van der Waals surface area contributed by atoms with Gasteiger partial charge in [0.25, 0.3) is 0 Å². The summed E-state index contributed by atoms with van der Waals surface area (Å²) in [6.45, 7) is 0. The Hall–Kier alpha value is -3.57. The Morgan fingerprint density at radius 2 is 1.44 bits per heavy atom.